The first-order valence-electron chi connectivity index (χ1n) is 9.05. The summed E-state index contributed by atoms with van der Waals surface area (Å²) in [6.45, 7) is 1.93. The number of carbonyl (C=O) groups excluding carboxylic acids is 2. The molecule has 0 aromatic heterocycles. The number of ether oxygens (including phenoxy) is 3. The SMILES string of the molecule is Cc1ccc(N(CCC#N)C(=O)COC(=O)/C=C/c2ccc3c(c2)OCO3)cc1. The predicted molar refractivity (Wildman–Crippen MR) is 106 cm³/mol. The van der Waals surface area contributed by atoms with Crippen LogP contribution in [0.2, 0.25) is 0 Å². The van der Waals surface area contributed by atoms with E-state index in [-0.39, 0.29) is 19.8 Å². The normalized spacial score (nSPS) is 11.9. The molecule has 0 bridgehead atoms. The zero-order valence-electron chi connectivity index (χ0n) is 16.0. The number of carbonyl (C=O) groups is 2. The third-order valence-corrected chi connectivity index (χ3v) is 4.24. The van der Waals surface area contributed by atoms with E-state index in [1.165, 1.54) is 11.0 Å². The Morgan fingerprint density at radius 1 is 1.17 bits per heavy atom. The number of nitrogens with zero attached hydrogens (tertiary/aromatic N) is 2. The number of benzene rings is 2. The van der Waals surface area contributed by atoms with Crippen LogP contribution >= 0.6 is 0 Å². The molecule has 0 spiro atoms. The molecule has 0 N–H and O–H groups in total. The minimum absolute atomic E-state index is 0.177. The van der Waals surface area contributed by atoms with Crippen molar-refractivity contribution in [3.05, 3.63) is 59.7 Å². The monoisotopic (exact) mass is 392 g/mol. The highest BCUT2D eigenvalue weighted by molar-refractivity contribution is 5.96. The number of amides is 1. The van der Waals surface area contributed by atoms with E-state index in [0.29, 0.717) is 17.2 Å². The Bertz CT molecular complexity index is 960. The van der Waals surface area contributed by atoms with E-state index >= 15 is 0 Å². The average Bonchev–Trinajstić information content (AvgIpc) is 3.20. The van der Waals surface area contributed by atoms with Gasteiger partial charge in [0, 0.05) is 18.3 Å². The summed E-state index contributed by atoms with van der Waals surface area (Å²) >= 11 is 0. The van der Waals surface area contributed by atoms with Crippen molar-refractivity contribution in [1.29, 1.82) is 5.26 Å². The molecule has 7 heteroatoms. The van der Waals surface area contributed by atoms with Gasteiger partial charge in [-0.25, -0.2) is 4.79 Å². The maximum Gasteiger partial charge on any atom is 0.331 e. The van der Waals surface area contributed by atoms with E-state index in [0.717, 1.165) is 11.1 Å². The molecule has 1 aliphatic rings. The highest BCUT2D eigenvalue weighted by Gasteiger charge is 2.17. The van der Waals surface area contributed by atoms with Crippen molar-refractivity contribution in [3.63, 3.8) is 0 Å². The Morgan fingerprint density at radius 2 is 1.93 bits per heavy atom. The van der Waals surface area contributed by atoms with Crippen molar-refractivity contribution in [2.75, 3.05) is 24.8 Å². The molecule has 0 fully saturated rings. The van der Waals surface area contributed by atoms with Gasteiger partial charge in [0.15, 0.2) is 18.1 Å². The summed E-state index contributed by atoms with van der Waals surface area (Å²) in [6.07, 6.45) is 3.00. The second kappa shape index (κ2) is 9.42. The maximum atomic E-state index is 12.5. The molecule has 3 rings (SSSR count). The first-order chi connectivity index (χ1) is 14.1. The van der Waals surface area contributed by atoms with Gasteiger partial charge in [-0.15, -0.1) is 0 Å². The molecule has 0 atom stereocenters. The Morgan fingerprint density at radius 3 is 2.69 bits per heavy atom. The second-order valence-electron chi connectivity index (χ2n) is 6.34. The zero-order valence-corrected chi connectivity index (χ0v) is 16.0. The van der Waals surface area contributed by atoms with Crippen LogP contribution in [0.5, 0.6) is 11.5 Å². The van der Waals surface area contributed by atoms with Crippen LogP contribution in [0.4, 0.5) is 5.69 Å². The fourth-order valence-electron chi connectivity index (χ4n) is 2.72. The van der Waals surface area contributed by atoms with Crippen molar-refractivity contribution in [2.45, 2.75) is 13.3 Å². The third-order valence-electron chi connectivity index (χ3n) is 4.24. The molecule has 1 amide bonds. The summed E-state index contributed by atoms with van der Waals surface area (Å²) in [4.78, 5) is 26.0. The Balaban J connectivity index is 1.57. The quantitative estimate of drug-likeness (QED) is 0.531. The van der Waals surface area contributed by atoms with Crippen LogP contribution in [0.3, 0.4) is 0 Å². The lowest BCUT2D eigenvalue weighted by Gasteiger charge is -2.21. The van der Waals surface area contributed by atoms with Crippen LogP contribution in [0.25, 0.3) is 6.08 Å². The Hall–Kier alpha value is -3.79. The van der Waals surface area contributed by atoms with Gasteiger partial charge in [-0.3, -0.25) is 4.79 Å². The number of rotatable bonds is 7. The minimum Gasteiger partial charge on any atom is -0.454 e. The molecule has 2 aromatic carbocycles. The van der Waals surface area contributed by atoms with E-state index in [2.05, 4.69) is 0 Å². The summed E-state index contributed by atoms with van der Waals surface area (Å²) in [5.41, 5.74) is 2.46. The molecule has 2 aromatic rings. The molecule has 0 radical (unpaired) electrons. The van der Waals surface area contributed by atoms with Crippen molar-refractivity contribution in [3.8, 4) is 17.6 Å². The van der Waals surface area contributed by atoms with E-state index in [4.69, 9.17) is 19.5 Å². The van der Waals surface area contributed by atoms with Gasteiger partial charge in [0.05, 0.1) is 12.5 Å². The van der Waals surface area contributed by atoms with Gasteiger partial charge in [0.25, 0.3) is 5.91 Å². The molecule has 0 saturated heterocycles. The maximum absolute atomic E-state index is 12.5. The lowest BCUT2D eigenvalue weighted by atomic mass is 10.2. The summed E-state index contributed by atoms with van der Waals surface area (Å²) in [5.74, 6) is 0.236. The Kier molecular flexibility index (Phi) is 6.48. The summed E-state index contributed by atoms with van der Waals surface area (Å²) in [5, 5.41) is 8.84. The minimum atomic E-state index is -0.639. The number of esters is 1. The molecular formula is C22H20N2O5. The van der Waals surface area contributed by atoms with Gasteiger partial charge >= 0.3 is 5.97 Å². The fourth-order valence-corrected chi connectivity index (χ4v) is 2.72. The molecule has 148 valence electrons. The molecule has 1 heterocycles. The molecule has 7 nitrogen and oxygen atoms in total. The molecule has 29 heavy (non-hydrogen) atoms. The van der Waals surface area contributed by atoms with Crippen LogP contribution < -0.4 is 14.4 Å². The van der Waals surface area contributed by atoms with Gasteiger partial charge in [0.1, 0.15) is 0 Å². The zero-order chi connectivity index (χ0) is 20.6. The van der Waals surface area contributed by atoms with Crippen LogP contribution in [-0.4, -0.2) is 31.8 Å². The van der Waals surface area contributed by atoms with E-state index in [1.807, 2.05) is 25.1 Å². The fraction of sp³-hybridized carbons (Fsp3) is 0.227. The largest absolute Gasteiger partial charge is 0.454 e. The first-order valence-corrected chi connectivity index (χ1v) is 9.05. The standard InChI is InChI=1S/C22H20N2O5/c1-16-3-7-18(8-4-16)24(12-2-11-23)21(25)14-27-22(26)10-6-17-5-9-19-20(13-17)29-15-28-19/h3-10,13H,2,12,14-15H2,1H3/b10-6+. The first kappa shape index (κ1) is 20.0. The number of hydrogen-bond donors (Lipinski definition) is 0. The number of aryl methyl sites for hydroxylation is 1. The summed E-state index contributed by atoms with van der Waals surface area (Å²) in [6, 6.07) is 14.7. The van der Waals surface area contributed by atoms with Gasteiger partial charge in [-0.05, 0) is 42.8 Å². The Labute approximate surface area is 168 Å². The summed E-state index contributed by atoms with van der Waals surface area (Å²) in [7, 11) is 0. The molecule has 0 saturated carbocycles. The molecule has 0 aliphatic carbocycles. The van der Waals surface area contributed by atoms with Crippen molar-refractivity contribution >= 4 is 23.6 Å². The highest BCUT2D eigenvalue weighted by Crippen LogP contribution is 2.32. The van der Waals surface area contributed by atoms with Gasteiger partial charge in [-0.2, -0.15) is 5.26 Å². The number of anilines is 1. The van der Waals surface area contributed by atoms with E-state index in [9.17, 15) is 9.59 Å². The van der Waals surface area contributed by atoms with Gasteiger partial charge in [-0.1, -0.05) is 23.8 Å². The van der Waals surface area contributed by atoms with E-state index in [1.54, 1.807) is 36.4 Å². The van der Waals surface area contributed by atoms with Crippen LogP contribution in [-0.2, 0) is 14.3 Å². The smallest absolute Gasteiger partial charge is 0.331 e. The van der Waals surface area contributed by atoms with Crippen LogP contribution in [0.15, 0.2) is 48.5 Å². The predicted octanol–water partition coefficient (Wildman–Crippen LogP) is 3.23. The second-order valence-corrected chi connectivity index (χ2v) is 6.34. The highest BCUT2D eigenvalue weighted by atomic mass is 16.7. The average molecular weight is 392 g/mol. The molecule has 1 aliphatic heterocycles. The topological polar surface area (TPSA) is 88.9 Å². The van der Waals surface area contributed by atoms with Crippen LogP contribution in [0.1, 0.15) is 17.5 Å². The lowest BCUT2D eigenvalue weighted by Crippen LogP contribution is -2.35. The van der Waals surface area contributed by atoms with Crippen molar-refractivity contribution < 1.29 is 23.8 Å². The molecular weight excluding hydrogens is 372 g/mol. The number of fused-ring (bicyclic) bond motifs is 1. The van der Waals surface area contributed by atoms with E-state index < -0.39 is 18.5 Å². The van der Waals surface area contributed by atoms with Crippen LogP contribution in [0, 0.1) is 18.3 Å². The third kappa shape index (κ3) is 5.36. The summed E-state index contributed by atoms with van der Waals surface area (Å²) < 4.78 is 15.6. The van der Waals surface area contributed by atoms with Crippen molar-refractivity contribution in [2.24, 2.45) is 0 Å². The van der Waals surface area contributed by atoms with Crippen molar-refractivity contribution in [1.82, 2.24) is 0 Å². The van der Waals surface area contributed by atoms with Gasteiger partial charge in [0.2, 0.25) is 6.79 Å². The van der Waals surface area contributed by atoms with Gasteiger partial charge < -0.3 is 19.1 Å². The number of hydrogen-bond acceptors (Lipinski definition) is 6. The lowest BCUT2D eigenvalue weighted by molar-refractivity contribution is -0.142. The molecule has 0 unspecified atom stereocenters. The number of nitriles is 1.